The minimum absolute atomic E-state index is 0.202. The summed E-state index contributed by atoms with van der Waals surface area (Å²) in [6.07, 6.45) is 1.12. The van der Waals surface area contributed by atoms with Crippen LogP contribution in [0.3, 0.4) is 0 Å². The molecule has 0 fully saturated rings. The molecule has 0 aliphatic heterocycles. The fourth-order valence-corrected chi connectivity index (χ4v) is 1.28. The average Bonchev–Trinajstić information content (AvgIpc) is 2.30. The van der Waals surface area contributed by atoms with Gasteiger partial charge in [-0.15, -0.1) is 0 Å². The lowest BCUT2D eigenvalue weighted by Crippen LogP contribution is -2.41. The van der Waals surface area contributed by atoms with E-state index in [0.717, 1.165) is 13.0 Å². The Kier molecular flexibility index (Phi) is 8.06. The van der Waals surface area contributed by atoms with Gasteiger partial charge in [0.05, 0.1) is 0 Å². The first kappa shape index (κ1) is 16.7. The van der Waals surface area contributed by atoms with Crippen molar-refractivity contribution in [2.24, 2.45) is 5.73 Å². The Morgan fingerprint density at radius 1 is 1.28 bits per heavy atom. The fourth-order valence-electron chi connectivity index (χ4n) is 1.28. The first-order chi connectivity index (χ1) is 8.34. The number of carbonyl (C=O) groups is 2. The van der Waals surface area contributed by atoms with E-state index in [9.17, 15) is 9.59 Å². The molecule has 106 valence electrons. The number of hydrogen-bond acceptors (Lipinski definition) is 4. The number of rotatable bonds is 8. The Morgan fingerprint density at radius 2 is 1.89 bits per heavy atom. The highest BCUT2D eigenvalue weighted by atomic mass is 16.4. The van der Waals surface area contributed by atoms with Gasteiger partial charge in [-0.1, -0.05) is 0 Å². The van der Waals surface area contributed by atoms with E-state index in [4.69, 9.17) is 10.8 Å². The summed E-state index contributed by atoms with van der Waals surface area (Å²) < 4.78 is 0. The summed E-state index contributed by atoms with van der Waals surface area (Å²) >= 11 is 0. The van der Waals surface area contributed by atoms with Crippen LogP contribution in [0.1, 0.15) is 12.8 Å². The predicted molar refractivity (Wildman–Crippen MR) is 69.4 cm³/mol. The summed E-state index contributed by atoms with van der Waals surface area (Å²) in [6, 6.07) is -1.12. The number of nitrogens with zero attached hydrogens (tertiary/aromatic N) is 2. The lowest BCUT2D eigenvalue weighted by Gasteiger charge is -2.19. The zero-order valence-electron chi connectivity index (χ0n) is 11.3. The molecule has 0 heterocycles. The van der Waals surface area contributed by atoms with Crippen LogP contribution in [0.25, 0.3) is 0 Å². The van der Waals surface area contributed by atoms with Gasteiger partial charge < -0.3 is 26.0 Å². The molecule has 18 heavy (non-hydrogen) atoms. The SMILES string of the molecule is CN(C)CCCNC(=O)N(C)CC[C@H](N)C(=O)O. The van der Waals surface area contributed by atoms with E-state index in [1.54, 1.807) is 7.05 Å². The maximum absolute atomic E-state index is 11.6. The van der Waals surface area contributed by atoms with Gasteiger partial charge in [0.2, 0.25) is 0 Å². The third-order valence-electron chi connectivity index (χ3n) is 2.50. The maximum atomic E-state index is 11.6. The molecule has 7 heteroatoms. The molecule has 0 bridgehead atoms. The van der Waals surface area contributed by atoms with Crippen molar-refractivity contribution in [3.05, 3.63) is 0 Å². The number of nitrogens with two attached hydrogens (primary N) is 1. The van der Waals surface area contributed by atoms with Crippen molar-refractivity contribution in [2.75, 3.05) is 40.8 Å². The molecule has 0 rings (SSSR count). The van der Waals surface area contributed by atoms with Crippen LogP contribution in [-0.2, 0) is 4.79 Å². The minimum Gasteiger partial charge on any atom is -0.480 e. The molecule has 0 aromatic heterocycles. The van der Waals surface area contributed by atoms with Gasteiger partial charge in [-0.05, 0) is 33.5 Å². The topological polar surface area (TPSA) is 98.9 Å². The van der Waals surface area contributed by atoms with Crippen LogP contribution in [0, 0.1) is 0 Å². The van der Waals surface area contributed by atoms with Crippen molar-refractivity contribution < 1.29 is 14.7 Å². The second-order valence-electron chi connectivity index (χ2n) is 4.54. The smallest absolute Gasteiger partial charge is 0.320 e. The lowest BCUT2D eigenvalue weighted by molar-refractivity contribution is -0.138. The van der Waals surface area contributed by atoms with Crippen LogP contribution >= 0.6 is 0 Å². The maximum Gasteiger partial charge on any atom is 0.320 e. The average molecular weight is 260 g/mol. The van der Waals surface area contributed by atoms with Crippen LogP contribution in [-0.4, -0.2) is 73.7 Å². The van der Waals surface area contributed by atoms with Crippen molar-refractivity contribution in [1.82, 2.24) is 15.1 Å². The summed E-state index contributed by atoms with van der Waals surface area (Å²) in [5.41, 5.74) is 5.36. The van der Waals surface area contributed by atoms with Crippen LogP contribution < -0.4 is 11.1 Å². The monoisotopic (exact) mass is 260 g/mol. The van der Waals surface area contributed by atoms with Crippen LogP contribution in [0.5, 0.6) is 0 Å². The molecule has 4 N–H and O–H groups in total. The number of nitrogens with one attached hydrogen (secondary N) is 1. The van der Waals surface area contributed by atoms with E-state index in [1.807, 2.05) is 19.0 Å². The fraction of sp³-hybridized carbons (Fsp3) is 0.818. The Labute approximate surface area is 108 Å². The summed E-state index contributed by atoms with van der Waals surface area (Å²) in [6.45, 7) is 1.84. The van der Waals surface area contributed by atoms with Crippen molar-refractivity contribution in [3.8, 4) is 0 Å². The van der Waals surface area contributed by atoms with Gasteiger partial charge >= 0.3 is 12.0 Å². The molecule has 0 saturated heterocycles. The van der Waals surface area contributed by atoms with Crippen molar-refractivity contribution in [2.45, 2.75) is 18.9 Å². The van der Waals surface area contributed by atoms with E-state index in [1.165, 1.54) is 4.90 Å². The second-order valence-corrected chi connectivity index (χ2v) is 4.54. The molecule has 1 atom stereocenters. The van der Waals surface area contributed by atoms with Crippen molar-refractivity contribution >= 4 is 12.0 Å². The van der Waals surface area contributed by atoms with Gasteiger partial charge in [-0.25, -0.2) is 4.79 Å². The summed E-state index contributed by atoms with van der Waals surface area (Å²) in [7, 11) is 5.57. The zero-order valence-corrected chi connectivity index (χ0v) is 11.3. The predicted octanol–water partition coefficient (Wildman–Crippen LogP) is -0.618. The van der Waals surface area contributed by atoms with Crippen LogP contribution in [0.15, 0.2) is 0 Å². The molecule has 0 saturated carbocycles. The Balaban J connectivity index is 3.73. The van der Waals surface area contributed by atoms with E-state index in [0.29, 0.717) is 13.1 Å². The summed E-state index contributed by atoms with van der Waals surface area (Å²) in [4.78, 5) is 25.6. The van der Waals surface area contributed by atoms with E-state index < -0.39 is 12.0 Å². The minimum atomic E-state index is -1.05. The zero-order chi connectivity index (χ0) is 14.1. The van der Waals surface area contributed by atoms with Gasteiger partial charge in [-0.2, -0.15) is 0 Å². The molecule has 7 nitrogen and oxygen atoms in total. The van der Waals surface area contributed by atoms with Gasteiger partial charge in [0.15, 0.2) is 0 Å². The van der Waals surface area contributed by atoms with Crippen LogP contribution in [0.2, 0.25) is 0 Å². The molecule has 0 unspecified atom stereocenters. The Morgan fingerprint density at radius 3 is 2.39 bits per heavy atom. The Bertz CT molecular complexity index is 271. The third kappa shape index (κ3) is 7.86. The number of carboxylic acid groups (broad SMARTS) is 1. The molecule has 2 amide bonds. The molecule has 0 aromatic carbocycles. The number of hydrogen-bond donors (Lipinski definition) is 3. The van der Waals surface area contributed by atoms with E-state index >= 15 is 0 Å². The van der Waals surface area contributed by atoms with Gasteiger partial charge in [-0.3, -0.25) is 4.79 Å². The van der Waals surface area contributed by atoms with Crippen molar-refractivity contribution in [3.63, 3.8) is 0 Å². The molecule has 0 aromatic rings. The van der Waals surface area contributed by atoms with E-state index in [-0.39, 0.29) is 12.5 Å². The highest BCUT2D eigenvalue weighted by Gasteiger charge is 2.14. The number of aliphatic carboxylic acids is 1. The quantitative estimate of drug-likeness (QED) is 0.505. The highest BCUT2D eigenvalue weighted by Crippen LogP contribution is 1.93. The van der Waals surface area contributed by atoms with Crippen LogP contribution in [0.4, 0.5) is 4.79 Å². The summed E-state index contributed by atoms with van der Waals surface area (Å²) in [5, 5.41) is 11.4. The summed E-state index contributed by atoms with van der Waals surface area (Å²) in [5.74, 6) is -1.05. The molecule has 0 radical (unpaired) electrons. The first-order valence-corrected chi connectivity index (χ1v) is 5.96. The Hall–Kier alpha value is -1.34. The number of carbonyl (C=O) groups excluding carboxylic acids is 1. The second kappa shape index (κ2) is 8.71. The van der Waals surface area contributed by atoms with Gasteiger partial charge in [0, 0.05) is 20.1 Å². The molecule has 0 aliphatic rings. The molecule has 0 spiro atoms. The molecule has 0 aliphatic carbocycles. The largest absolute Gasteiger partial charge is 0.480 e. The number of amides is 2. The van der Waals surface area contributed by atoms with Crippen molar-refractivity contribution in [1.29, 1.82) is 0 Å². The van der Waals surface area contributed by atoms with Gasteiger partial charge in [0.1, 0.15) is 6.04 Å². The normalized spacial score (nSPS) is 12.3. The highest BCUT2D eigenvalue weighted by molar-refractivity contribution is 5.74. The lowest BCUT2D eigenvalue weighted by atomic mass is 10.2. The number of urea groups is 1. The molecular weight excluding hydrogens is 236 g/mol. The molecular formula is C11H24N4O3. The number of carboxylic acids is 1. The first-order valence-electron chi connectivity index (χ1n) is 5.96. The third-order valence-corrected chi connectivity index (χ3v) is 2.50. The standard InChI is InChI=1S/C11H24N4O3/c1-14(2)7-4-6-13-11(18)15(3)8-5-9(12)10(16)17/h9H,4-8,12H2,1-3H3,(H,13,18)(H,16,17)/t9-/m0/s1. The van der Waals surface area contributed by atoms with Gasteiger partial charge in [0.25, 0.3) is 0 Å². The van der Waals surface area contributed by atoms with E-state index in [2.05, 4.69) is 5.32 Å².